The highest BCUT2D eigenvalue weighted by Crippen LogP contribution is 2.45. The topological polar surface area (TPSA) is 55.4 Å². The van der Waals surface area contributed by atoms with Crippen LogP contribution in [0.15, 0.2) is 53.1 Å². The van der Waals surface area contributed by atoms with Gasteiger partial charge in [-0.15, -0.1) is 0 Å². The van der Waals surface area contributed by atoms with Crippen molar-refractivity contribution >= 4 is 17.3 Å². The lowest BCUT2D eigenvalue weighted by Crippen LogP contribution is -2.30. The van der Waals surface area contributed by atoms with Crippen LogP contribution in [0.25, 0.3) is 5.57 Å². The molecule has 150 valence electrons. The van der Waals surface area contributed by atoms with E-state index in [9.17, 15) is 9.59 Å². The third-order valence-electron chi connectivity index (χ3n) is 4.90. The predicted molar refractivity (Wildman–Crippen MR) is 114 cm³/mol. The summed E-state index contributed by atoms with van der Waals surface area (Å²) in [4.78, 5) is 26.2. The van der Waals surface area contributed by atoms with E-state index >= 15 is 0 Å². The van der Waals surface area contributed by atoms with Crippen molar-refractivity contribution in [2.75, 3.05) is 13.7 Å². The van der Waals surface area contributed by atoms with Crippen LogP contribution in [0, 0.1) is 5.41 Å². The van der Waals surface area contributed by atoms with E-state index in [2.05, 4.69) is 25.7 Å². The molecule has 4 nitrogen and oxygen atoms in total. The van der Waals surface area contributed by atoms with Crippen LogP contribution in [0.5, 0.6) is 5.75 Å². The maximum atomic E-state index is 13.2. The third kappa shape index (κ3) is 4.44. The smallest absolute Gasteiger partial charge is 0.251 e. The number of para-hydroxylation sites is 1. The van der Waals surface area contributed by atoms with Crippen LogP contribution in [-0.2, 0) is 9.59 Å². The first kappa shape index (κ1) is 21.7. The number of carbonyl (C=O) groups excluding carboxylic acids is 2. The average molecular weight is 382 g/mol. The third-order valence-corrected chi connectivity index (χ3v) is 4.90. The van der Waals surface area contributed by atoms with Crippen LogP contribution in [0.4, 0.5) is 0 Å². The van der Waals surface area contributed by atoms with E-state index in [0.717, 1.165) is 16.7 Å². The monoisotopic (exact) mass is 381 g/mol. The van der Waals surface area contributed by atoms with Crippen molar-refractivity contribution in [2.45, 2.75) is 47.5 Å². The van der Waals surface area contributed by atoms with Gasteiger partial charge in [0.05, 0.1) is 7.11 Å². The van der Waals surface area contributed by atoms with Gasteiger partial charge in [-0.1, -0.05) is 44.2 Å². The van der Waals surface area contributed by atoms with E-state index in [4.69, 9.17) is 4.74 Å². The Kier molecular flexibility index (Phi) is 6.65. The first-order valence-corrected chi connectivity index (χ1v) is 9.68. The first-order valence-electron chi connectivity index (χ1n) is 9.68. The second kappa shape index (κ2) is 8.59. The van der Waals surface area contributed by atoms with Crippen LogP contribution in [0.3, 0.4) is 0 Å². The summed E-state index contributed by atoms with van der Waals surface area (Å²) in [5, 5.41) is 2.89. The molecule has 0 radical (unpaired) electrons. The Balaban J connectivity index is 2.88. The molecule has 28 heavy (non-hydrogen) atoms. The Morgan fingerprint density at radius 2 is 1.86 bits per heavy atom. The summed E-state index contributed by atoms with van der Waals surface area (Å²) in [7, 11) is 1.59. The fourth-order valence-electron chi connectivity index (χ4n) is 3.85. The number of hydrogen-bond acceptors (Lipinski definition) is 3. The molecule has 0 heterocycles. The highest BCUT2D eigenvalue weighted by atomic mass is 16.5. The van der Waals surface area contributed by atoms with Gasteiger partial charge in [0.15, 0.2) is 5.78 Å². The number of allylic oxidation sites excluding steroid dienone is 3. The van der Waals surface area contributed by atoms with Gasteiger partial charge in [-0.2, -0.15) is 0 Å². The summed E-state index contributed by atoms with van der Waals surface area (Å²) in [5.74, 6) is 0.449. The summed E-state index contributed by atoms with van der Waals surface area (Å²) < 4.78 is 5.57. The molecule has 1 N–H and O–H groups in total. The second-order valence-corrected chi connectivity index (χ2v) is 8.23. The number of amides is 1. The Bertz CT molecular complexity index is 846. The lowest BCUT2D eigenvalue weighted by atomic mass is 9.70. The molecule has 4 heteroatoms. The highest BCUT2D eigenvalue weighted by Gasteiger charge is 2.36. The predicted octanol–water partition coefficient (Wildman–Crippen LogP) is 4.87. The number of ketones is 1. The number of nitrogens with one attached hydrogen (secondary N) is 1. The standard InChI is InChI=1S/C24H31NO3/c1-8-25-23(27)20(15(2)3)22(17-11-9-10-12-19(17)28-7)21-16(4)13-24(5,6)14-18(21)26/h9-12H,4,8,13-14H2,1-3,5-7H3,(H,25,27)/b22-21+. The van der Waals surface area contributed by atoms with Crippen molar-refractivity contribution in [3.63, 3.8) is 0 Å². The van der Waals surface area contributed by atoms with E-state index in [1.54, 1.807) is 7.11 Å². The van der Waals surface area contributed by atoms with Crippen LogP contribution >= 0.6 is 0 Å². The Morgan fingerprint density at radius 3 is 2.39 bits per heavy atom. The van der Waals surface area contributed by atoms with Crippen LogP contribution < -0.4 is 10.1 Å². The molecule has 0 aliphatic heterocycles. The van der Waals surface area contributed by atoms with Crippen LogP contribution in [0.1, 0.15) is 53.0 Å². The van der Waals surface area contributed by atoms with Crippen molar-refractivity contribution in [3.05, 3.63) is 58.7 Å². The molecule has 0 spiro atoms. The lowest BCUT2D eigenvalue weighted by Gasteiger charge is -2.33. The molecule has 1 aromatic carbocycles. The molecular formula is C24H31NO3. The molecule has 1 fully saturated rings. The fourth-order valence-corrected chi connectivity index (χ4v) is 3.85. The van der Waals surface area contributed by atoms with Gasteiger partial charge in [-0.25, -0.2) is 0 Å². The molecular weight excluding hydrogens is 350 g/mol. The highest BCUT2D eigenvalue weighted by molar-refractivity contribution is 6.19. The molecule has 0 unspecified atom stereocenters. The van der Waals surface area contributed by atoms with E-state index in [1.165, 1.54) is 0 Å². The number of hydrogen-bond donors (Lipinski definition) is 1. The molecule has 2 rings (SSSR count). The maximum Gasteiger partial charge on any atom is 0.251 e. The van der Waals surface area contributed by atoms with E-state index in [0.29, 0.717) is 41.9 Å². The molecule has 1 aliphatic rings. The van der Waals surface area contributed by atoms with E-state index < -0.39 is 0 Å². The van der Waals surface area contributed by atoms with Crippen molar-refractivity contribution in [3.8, 4) is 5.75 Å². The zero-order chi connectivity index (χ0) is 21.1. The van der Waals surface area contributed by atoms with Gasteiger partial charge in [0.25, 0.3) is 5.91 Å². The Labute approximate surface area is 168 Å². The normalized spacial score (nSPS) is 17.8. The van der Waals surface area contributed by atoms with Gasteiger partial charge in [0, 0.05) is 35.2 Å². The number of Topliss-reactive ketones (excluding diaryl/α,β-unsaturated/α-hetero) is 1. The SMILES string of the molecule is C=C1CC(C)(C)CC(=O)/C1=C(/C(C(=O)NCC)=C(C)C)c1ccccc1OC. The van der Waals surface area contributed by atoms with E-state index in [1.807, 2.05) is 45.0 Å². The molecule has 1 amide bonds. The number of ether oxygens (including phenoxy) is 1. The Morgan fingerprint density at radius 1 is 1.21 bits per heavy atom. The van der Waals surface area contributed by atoms with Crippen molar-refractivity contribution in [1.29, 1.82) is 0 Å². The summed E-state index contributed by atoms with van der Waals surface area (Å²) in [6, 6.07) is 7.50. The summed E-state index contributed by atoms with van der Waals surface area (Å²) >= 11 is 0. The van der Waals surface area contributed by atoms with Gasteiger partial charge in [0.1, 0.15) is 5.75 Å². The first-order chi connectivity index (χ1) is 13.1. The molecule has 0 aromatic heterocycles. The minimum atomic E-state index is -0.193. The number of likely N-dealkylation sites (N-methyl/N-ethyl adjacent to an activating group) is 1. The number of benzene rings is 1. The van der Waals surface area contributed by atoms with Gasteiger partial charge in [-0.3, -0.25) is 9.59 Å². The minimum absolute atomic E-state index is 0.0187. The van der Waals surface area contributed by atoms with Crippen molar-refractivity contribution in [2.24, 2.45) is 5.41 Å². The molecule has 0 atom stereocenters. The van der Waals surface area contributed by atoms with Crippen molar-refractivity contribution in [1.82, 2.24) is 5.32 Å². The Hall–Kier alpha value is -2.62. The van der Waals surface area contributed by atoms with Crippen LogP contribution in [0.2, 0.25) is 0 Å². The largest absolute Gasteiger partial charge is 0.496 e. The van der Waals surface area contributed by atoms with Crippen molar-refractivity contribution < 1.29 is 14.3 Å². The summed E-state index contributed by atoms with van der Waals surface area (Å²) in [6.45, 7) is 14.5. The fraction of sp³-hybridized carbons (Fsp3) is 0.417. The molecule has 0 saturated heterocycles. The quantitative estimate of drug-likeness (QED) is 0.741. The maximum absolute atomic E-state index is 13.2. The summed E-state index contributed by atoms with van der Waals surface area (Å²) in [5.41, 5.74) is 3.88. The number of rotatable bonds is 5. The zero-order valence-corrected chi connectivity index (χ0v) is 17.9. The average Bonchev–Trinajstić information content (AvgIpc) is 2.59. The van der Waals surface area contributed by atoms with Crippen LogP contribution in [-0.4, -0.2) is 25.3 Å². The summed E-state index contributed by atoms with van der Waals surface area (Å²) in [6.07, 6.45) is 1.13. The molecule has 1 aromatic rings. The van der Waals surface area contributed by atoms with Gasteiger partial charge >= 0.3 is 0 Å². The number of carbonyl (C=O) groups is 2. The zero-order valence-electron chi connectivity index (χ0n) is 17.9. The lowest BCUT2D eigenvalue weighted by molar-refractivity contribution is -0.118. The number of methoxy groups -OCH3 is 1. The molecule has 1 aliphatic carbocycles. The molecule has 0 bridgehead atoms. The van der Waals surface area contributed by atoms with Gasteiger partial charge in [0.2, 0.25) is 0 Å². The van der Waals surface area contributed by atoms with Gasteiger partial charge < -0.3 is 10.1 Å². The van der Waals surface area contributed by atoms with Gasteiger partial charge in [-0.05, 0) is 44.2 Å². The van der Waals surface area contributed by atoms with E-state index in [-0.39, 0.29) is 17.1 Å². The second-order valence-electron chi connectivity index (χ2n) is 8.23. The molecule has 1 saturated carbocycles. The minimum Gasteiger partial charge on any atom is -0.496 e.